The number of benzene rings is 1. The number of piperidine rings is 1. The molecule has 0 bridgehead atoms. The Balaban J connectivity index is 1.59. The van der Waals surface area contributed by atoms with Gasteiger partial charge in [-0.15, -0.1) is 0 Å². The minimum absolute atomic E-state index is 0.235. The SMILES string of the molecule is CC1CCCN(CC2=NC(=O)C3Oc4ccccc4C3=N2)C1. The van der Waals surface area contributed by atoms with Gasteiger partial charge in [0.15, 0.2) is 0 Å². The third kappa shape index (κ3) is 2.35. The molecule has 0 spiro atoms. The maximum absolute atomic E-state index is 12.2. The molecule has 5 heteroatoms. The van der Waals surface area contributed by atoms with Crippen LogP contribution >= 0.6 is 0 Å². The zero-order chi connectivity index (χ0) is 15.1. The van der Waals surface area contributed by atoms with Crippen molar-refractivity contribution >= 4 is 17.5 Å². The van der Waals surface area contributed by atoms with E-state index in [1.807, 2.05) is 24.3 Å². The lowest BCUT2D eigenvalue weighted by Gasteiger charge is -2.30. The average molecular weight is 297 g/mol. The fraction of sp³-hybridized carbons (Fsp3) is 0.471. The number of hydrogen-bond donors (Lipinski definition) is 0. The normalized spacial score (nSPS) is 27.6. The van der Waals surface area contributed by atoms with E-state index < -0.39 is 6.10 Å². The van der Waals surface area contributed by atoms with Gasteiger partial charge in [-0.05, 0) is 37.4 Å². The lowest BCUT2D eigenvalue weighted by molar-refractivity contribution is -0.121. The maximum atomic E-state index is 12.2. The summed E-state index contributed by atoms with van der Waals surface area (Å²) in [6, 6.07) is 7.66. The number of hydrogen-bond acceptors (Lipinski definition) is 4. The highest BCUT2D eigenvalue weighted by Crippen LogP contribution is 2.31. The molecule has 3 aliphatic heterocycles. The number of amidine groups is 1. The summed E-state index contributed by atoms with van der Waals surface area (Å²) in [5.41, 5.74) is 1.64. The molecule has 1 aromatic rings. The number of nitrogens with zero attached hydrogens (tertiary/aromatic N) is 3. The van der Waals surface area contributed by atoms with Gasteiger partial charge in [0, 0.05) is 12.1 Å². The molecule has 0 aliphatic carbocycles. The Morgan fingerprint density at radius 3 is 3.05 bits per heavy atom. The second kappa shape index (κ2) is 5.32. The summed E-state index contributed by atoms with van der Waals surface area (Å²) in [5, 5.41) is 0. The van der Waals surface area contributed by atoms with Crippen LogP contribution < -0.4 is 4.74 Å². The summed E-state index contributed by atoms with van der Waals surface area (Å²) in [4.78, 5) is 23.4. The number of rotatable bonds is 2. The van der Waals surface area contributed by atoms with Crippen molar-refractivity contribution in [3.05, 3.63) is 29.8 Å². The van der Waals surface area contributed by atoms with Gasteiger partial charge in [0.25, 0.3) is 5.91 Å². The van der Waals surface area contributed by atoms with E-state index in [9.17, 15) is 4.79 Å². The fourth-order valence-corrected chi connectivity index (χ4v) is 3.44. The van der Waals surface area contributed by atoms with Crippen LogP contribution in [0.1, 0.15) is 25.3 Å². The van der Waals surface area contributed by atoms with E-state index in [-0.39, 0.29) is 5.91 Å². The topological polar surface area (TPSA) is 54.3 Å². The standard InChI is InChI=1S/C17H19N3O2/c1-11-5-4-8-20(9-11)10-14-18-15-12-6-2-3-7-13(12)22-16(15)17(21)19-14/h2-3,6-7,11,16H,4-5,8-10H2,1H3. The molecular formula is C17H19N3O2. The molecule has 114 valence electrons. The molecule has 1 aromatic carbocycles. The monoisotopic (exact) mass is 297 g/mol. The number of ether oxygens (including phenoxy) is 1. The Morgan fingerprint density at radius 1 is 1.32 bits per heavy atom. The van der Waals surface area contributed by atoms with Gasteiger partial charge in [-0.2, -0.15) is 4.99 Å². The highest BCUT2D eigenvalue weighted by atomic mass is 16.5. The lowest BCUT2D eigenvalue weighted by Crippen LogP contribution is -2.41. The third-order valence-electron chi connectivity index (χ3n) is 4.48. The van der Waals surface area contributed by atoms with Gasteiger partial charge in [-0.3, -0.25) is 9.69 Å². The number of carbonyl (C=O) groups is 1. The molecule has 22 heavy (non-hydrogen) atoms. The Labute approximate surface area is 129 Å². The number of amides is 1. The van der Waals surface area contributed by atoms with Crippen molar-refractivity contribution in [3.8, 4) is 5.75 Å². The number of para-hydroxylation sites is 1. The molecule has 0 aromatic heterocycles. The summed E-state index contributed by atoms with van der Waals surface area (Å²) in [7, 11) is 0. The van der Waals surface area contributed by atoms with Crippen LogP contribution in [0.25, 0.3) is 0 Å². The fourth-order valence-electron chi connectivity index (χ4n) is 3.44. The van der Waals surface area contributed by atoms with E-state index in [4.69, 9.17) is 4.74 Å². The van der Waals surface area contributed by atoms with Crippen molar-refractivity contribution in [1.82, 2.24) is 4.90 Å². The van der Waals surface area contributed by atoms with Crippen molar-refractivity contribution < 1.29 is 9.53 Å². The van der Waals surface area contributed by atoms with Crippen LogP contribution in [0.3, 0.4) is 0 Å². The molecule has 5 nitrogen and oxygen atoms in total. The minimum Gasteiger partial charge on any atom is -0.473 e. The smallest absolute Gasteiger partial charge is 0.294 e. The van der Waals surface area contributed by atoms with Crippen molar-refractivity contribution in [2.75, 3.05) is 19.6 Å². The summed E-state index contributed by atoms with van der Waals surface area (Å²) < 4.78 is 5.68. The van der Waals surface area contributed by atoms with E-state index in [0.717, 1.165) is 30.1 Å². The Kier molecular flexibility index (Phi) is 3.30. The largest absolute Gasteiger partial charge is 0.473 e. The molecule has 1 saturated heterocycles. The molecule has 0 N–H and O–H groups in total. The third-order valence-corrected chi connectivity index (χ3v) is 4.48. The van der Waals surface area contributed by atoms with Crippen LogP contribution in [0.15, 0.2) is 34.3 Å². The summed E-state index contributed by atoms with van der Waals surface area (Å²) in [6.07, 6.45) is 1.83. The van der Waals surface area contributed by atoms with E-state index >= 15 is 0 Å². The highest BCUT2D eigenvalue weighted by Gasteiger charge is 2.38. The van der Waals surface area contributed by atoms with Crippen molar-refractivity contribution in [2.24, 2.45) is 15.9 Å². The molecular weight excluding hydrogens is 278 g/mol. The van der Waals surface area contributed by atoms with Crippen LogP contribution in [0.2, 0.25) is 0 Å². The first-order valence-electron chi connectivity index (χ1n) is 7.89. The van der Waals surface area contributed by atoms with Gasteiger partial charge < -0.3 is 4.74 Å². The maximum Gasteiger partial charge on any atom is 0.294 e. The highest BCUT2D eigenvalue weighted by molar-refractivity contribution is 6.26. The summed E-state index contributed by atoms with van der Waals surface area (Å²) >= 11 is 0. The van der Waals surface area contributed by atoms with E-state index in [1.165, 1.54) is 12.8 Å². The van der Waals surface area contributed by atoms with E-state index in [2.05, 4.69) is 21.8 Å². The Bertz CT molecular complexity index is 680. The predicted octanol–water partition coefficient (Wildman–Crippen LogP) is 1.91. The zero-order valence-corrected chi connectivity index (χ0v) is 12.7. The first-order valence-corrected chi connectivity index (χ1v) is 7.89. The van der Waals surface area contributed by atoms with Crippen molar-refractivity contribution in [1.29, 1.82) is 0 Å². The van der Waals surface area contributed by atoms with Gasteiger partial charge in [0.1, 0.15) is 17.3 Å². The molecule has 3 heterocycles. The summed E-state index contributed by atoms with van der Waals surface area (Å²) in [6.45, 7) is 5.02. The first-order chi connectivity index (χ1) is 10.7. The van der Waals surface area contributed by atoms with Crippen LogP contribution in [0.4, 0.5) is 0 Å². The van der Waals surface area contributed by atoms with Crippen molar-refractivity contribution in [3.63, 3.8) is 0 Å². The first kappa shape index (κ1) is 13.6. The summed E-state index contributed by atoms with van der Waals surface area (Å²) in [5.74, 6) is 1.80. The van der Waals surface area contributed by atoms with Crippen LogP contribution in [0, 0.1) is 5.92 Å². The van der Waals surface area contributed by atoms with Gasteiger partial charge in [0.2, 0.25) is 6.10 Å². The van der Waals surface area contributed by atoms with Gasteiger partial charge in [0.05, 0.1) is 6.54 Å². The molecule has 1 amide bonds. The number of likely N-dealkylation sites (tertiary alicyclic amines) is 1. The van der Waals surface area contributed by atoms with E-state index in [1.54, 1.807) is 0 Å². The second-order valence-electron chi connectivity index (χ2n) is 6.34. The Morgan fingerprint density at radius 2 is 2.18 bits per heavy atom. The van der Waals surface area contributed by atoms with Gasteiger partial charge in [-0.1, -0.05) is 19.1 Å². The lowest BCUT2D eigenvalue weighted by atomic mass is 10.0. The second-order valence-corrected chi connectivity index (χ2v) is 6.34. The van der Waals surface area contributed by atoms with Gasteiger partial charge in [-0.25, -0.2) is 4.99 Å². The molecule has 2 atom stereocenters. The van der Waals surface area contributed by atoms with Crippen molar-refractivity contribution in [2.45, 2.75) is 25.9 Å². The molecule has 3 aliphatic rings. The van der Waals surface area contributed by atoms with E-state index in [0.29, 0.717) is 18.3 Å². The minimum atomic E-state index is -0.651. The van der Waals surface area contributed by atoms with Crippen LogP contribution in [-0.4, -0.2) is 48.1 Å². The molecule has 1 fully saturated rings. The number of fused-ring (bicyclic) bond motifs is 3. The number of aliphatic imine (C=N–C) groups is 2. The van der Waals surface area contributed by atoms with Crippen LogP contribution in [0.5, 0.6) is 5.75 Å². The zero-order valence-electron chi connectivity index (χ0n) is 12.7. The molecule has 2 unspecified atom stereocenters. The van der Waals surface area contributed by atoms with Gasteiger partial charge >= 0.3 is 0 Å². The molecule has 0 saturated carbocycles. The predicted molar refractivity (Wildman–Crippen MR) is 84.7 cm³/mol. The quantitative estimate of drug-likeness (QED) is 0.838. The molecule has 4 rings (SSSR count). The Hall–Kier alpha value is -2.01. The molecule has 0 radical (unpaired) electrons. The van der Waals surface area contributed by atoms with Crippen LogP contribution in [-0.2, 0) is 4.79 Å². The average Bonchev–Trinajstić information content (AvgIpc) is 2.87. The number of carbonyl (C=O) groups excluding carboxylic acids is 1.